The largest absolute Gasteiger partial charge is 0.463 e. The maximum Gasteiger partial charge on any atom is 0.410 e. The zero-order valence-electron chi connectivity index (χ0n) is 12.7. The highest BCUT2D eigenvalue weighted by atomic mass is 19.3. The Morgan fingerprint density at radius 3 is 2.73 bits per heavy atom. The minimum atomic E-state index is -2.63. The number of benzene rings is 1. The number of ether oxygens (including phenoxy) is 2. The van der Waals surface area contributed by atoms with Gasteiger partial charge in [-0.15, -0.1) is 0 Å². The van der Waals surface area contributed by atoms with E-state index < -0.39 is 24.4 Å². The number of alkyl halides is 2. The van der Waals surface area contributed by atoms with Gasteiger partial charge in [-0.25, -0.2) is 13.6 Å². The fourth-order valence-corrected chi connectivity index (χ4v) is 2.06. The van der Waals surface area contributed by atoms with Crippen LogP contribution in [0.15, 0.2) is 18.2 Å². The Kier molecular flexibility index (Phi) is 4.55. The Labute approximate surface area is 127 Å². The molecule has 0 fully saturated rings. The van der Waals surface area contributed by atoms with Gasteiger partial charge in [-0.05, 0) is 26.8 Å². The molecule has 1 amide bonds. The summed E-state index contributed by atoms with van der Waals surface area (Å²) in [6.07, 6.45) is -4.53. The average molecular weight is 315 g/mol. The van der Waals surface area contributed by atoms with E-state index in [0.717, 1.165) is 0 Å². The number of aliphatic hydroxyl groups excluding tert-OH is 1. The molecule has 5 nitrogen and oxygen atoms in total. The third-order valence-corrected chi connectivity index (χ3v) is 3.00. The molecule has 2 rings (SSSR count). The molecular formula is C15H19F2NO4. The number of amides is 1. The number of carbonyl (C=O) groups excluding carboxylic acids is 1. The lowest BCUT2D eigenvalue weighted by molar-refractivity contribution is -0.0420. The molecule has 0 spiro atoms. The van der Waals surface area contributed by atoms with Gasteiger partial charge >= 0.3 is 6.09 Å². The molecule has 1 N–H and O–H groups in total. The van der Waals surface area contributed by atoms with E-state index in [2.05, 4.69) is 0 Å². The molecule has 1 atom stereocenters. The topological polar surface area (TPSA) is 59.0 Å². The van der Waals surface area contributed by atoms with Crippen molar-refractivity contribution in [1.82, 2.24) is 4.90 Å². The van der Waals surface area contributed by atoms with Crippen LogP contribution in [0.4, 0.5) is 13.6 Å². The van der Waals surface area contributed by atoms with Crippen molar-refractivity contribution in [2.24, 2.45) is 0 Å². The van der Waals surface area contributed by atoms with E-state index in [9.17, 15) is 18.7 Å². The third-order valence-electron chi connectivity index (χ3n) is 3.00. The van der Waals surface area contributed by atoms with Gasteiger partial charge < -0.3 is 14.6 Å². The van der Waals surface area contributed by atoms with Crippen molar-refractivity contribution >= 4 is 6.09 Å². The molecule has 1 unspecified atom stereocenters. The lowest BCUT2D eigenvalue weighted by atomic mass is 10.1. The zero-order chi connectivity index (χ0) is 16.5. The Bertz CT molecular complexity index is 557. The maximum atomic E-state index is 12.7. The van der Waals surface area contributed by atoms with Crippen molar-refractivity contribution in [2.75, 3.05) is 6.54 Å². The van der Waals surface area contributed by atoms with Crippen molar-refractivity contribution in [3.05, 3.63) is 29.3 Å². The monoisotopic (exact) mass is 315 g/mol. The van der Waals surface area contributed by atoms with Gasteiger partial charge in [0.25, 0.3) is 6.43 Å². The smallest absolute Gasteiger partial charge is 0.410 e. The van der Waals surface area contributed by atoms with Crippen LogP contribution in [-0.4, -0.2) is 34.5 Å². The van der Waals surface area contributed by atoms with Crippen molar-refractivity contribution in [3.63, 3.8) is 0 Å². The number of halogens is 2. The third kappa shape index (κ3) is 4.07. The predicted molar refractivity (Wildman–Crippen MR) is 74.7 cm³/mol. The number of aliphatic hydroxyl groups is 1. The highest BCUT2D eigenvalue weighted by Gasteiger charge is 2.29. The van der Waals surface area contributed by atoms with E-state index in [-0.39, 0.29) is 24.4 Å². The maximum absolute atomic E-state index is 12.7. The molecule has 22 heavy (non-hydrogen) atoms. The van der Waals surface area contributed by atoms with Crippen LogP contribution >= 0.6 is 0 Å². The minimum absolute atomic E-state index is 0.104. The molecule has 122 valence electrons. The lowest BCUT2D eigenvalue weighted by Crippen LogP contribution is -2.40. The van der Waals surface area contributed by atoms with Gasteiger partial charge in [0.15, 0.2) is 0 Å². The first kappa shape index (κ1) is 16.5. The summed E-state index contributed by atoms with van der Waals surface area (Å²) in [5.74, 6) is 0.149. The first-order chi connectivity index (χ1) is 10.2. The van der Waals surface area contributed by atoms with E-state index in [1.807, 2.05) is 0 Å². The molecular weight excluding hydrogens is 296 g/mol. The van der Waals surface area contributed by atoms with Crippen LogP contribution < -0.4 is 4.74 Å². The van der Waals surface area contributed by atoms with Crippen LogP contribution in [0.5, 0.6) is 5.75 Å². The SMILES string of the molecule is CC(C)(C)OC(=O)N1Cc2ccc(C(F)F)cc2OC(O)C1. The molecule has 1 aliphatic rings. The van der Waals surface area contributed by atoms with Crippen molar-refractivity contribution in [2.45, 2.75) is 45.6 Å². The quantitative estimate of drug-likeness (QED) is 0.865. The number of β-amino-alcohol motifs (C(OH)–C–C–N with tert-alkyl or cyclic N) is 1. The van der Waals surface area contributed by atoms with Crippen molar-refractivity contribution in [3.8, 4) is 5.75 Å². The molecule has 0 saturated heterocycles. The van der Waals surface area contributed by atoms with Crippen LogP contribution in [0.2, 0.25) is 0 Å². The van der Waals surface area contributed by atoms with E-state index in [0.29, 0.717) is 5.56 Å². The number of rotatable bonds is 1. The van der Waals surface area contributed by atoms with E-state index in [1.54, 1.807) is 20.8 Å². The van der Waals surface area contributed by atoms with Gasteiger partial charge in [-0.3, -0.25) is 4.90 Å². The van der Waals surface area contributed by atoms with Gasteiger partial charge in [-0.1, -0.05) is 12.1 Å². The molecule has 0 bridgehead atoms. The summed E-state index contributed by atoms with van der Waals surface area (Å²) in [6.45, 7) is 5.22. The van der Waals surface area contributed by atoms with Crippen molar-refractivity contribution in [1.29, 1.82) is 0 Å². The highest BCUT2D eigenvalue weighted by Crippen LogP contribution is 2.30. The predicted octanol–water partition coefficient (Wildman–Crippen LogP) is 3.07. The second kappa shape index (κ2) is 6.08. The summed E-state index contributed by atoms with van der Waals surface area (Å²) in [5.41, 5.74) is -0.333. The van der Waals surface area contributed by atoms with Gasteiger partial charge in [0, 0.05) is 11.1 Å². The van der Waals surface area contributed by atoms with Crippen LogP contribution in [0.25, 0.3) is 0 Å². The first-order valence-electron chi connectivity index (χ1n) is 6.89. The fraction of sp³-hybridized carbons (Fsp3) is 0.533. The normalized spacial score (nSPS) is 18.5. The molecule has 1 aliphatic heterocycles. The number of hydrogen-bond donors (Lipinski definition) is 1. The Balaban J connectivity index is 2.23. The average Bonchev–Trinajstić information content (AvgIpc) is 2.53. The number of nitrogens with zero attached hydrogens (tertiary/aromatic N) is 1. The molecule has 0 radical (unpaired) electrons. The molecule has 0 aromatic heterocycles. The Morgan fingerprint density at radius 2 is 2.14 bits per heavy atom. The second-order valence-electron chi connectivity index (χ2n) is 6.10. The zero-order valence-corrected chi connectivity index (χ0v) is 12.7. The number of fused-ring (bicyclic) bond motifs is 1. The fourth-order valence-electron chi connectivity index (χ4n) is 2.06. The minimum Gasteiger partial charge on any atom is -0.463 e. The summed E-state index contributed by atoms with van der Waals surface area (Å²) in [5, 5.41) is 9.82. The molecule has 1 heterocycles. The molecule has 0 aliphatic carbocycles. The van der Waals surface area contributed by atoms with E-state index in [4.69, 9.17) is 9.47 Å². The van der Waals surface area contributed by atoms with Crippen LogP contribution in [-0.2, 0) is 11.3 Å². The molecule has 0 saturated carbocycles. The number of carbonyl (C=O) groups is 1. The summed E-state index contributed by atoms with van der Waals surface area (Å²) >= 11 is 0. The highest BCUT2D eigenvalue weighted by molar-refractivity contribution is 5.68. The van der Waals surface area contributed by atoms with Gasteiger partial charge in [0.05, 0.1) is 13.1 Å². The summed E-state index contributed by atoms with van der Waals surface area (Å²) < 4.78 is 35.9. The van der Waals surface area contributed by atoms with Gasteiger partial charge in [0.1, 0.15) is 11.4 Å². The summed E-state index contributed by atoms with van der Waals surface area (Å²) in [4.78, 5) is 13.4. The Hall–Kier alpha value is -1.89. The second-order valence-corrected chi connectivity index (χ2v) is 6.10. The standard InChI is InChI=1S/C15H19F2NO4/c1-15(2,3)22-14(20)18-7-10-5-4-9(13(16)17)6-11(10)21-12(19)8-18/h4-6,12-13,19H,7-8H2,1-3H3. The molecule has 1 aromatic rings. The summed E-state index contributed by atoms with van der Waals surface area (Å²) in [7, 11) is 0. The van der Waals surface area contributed by atoms with Crippen LogP contribution in [0, 0.1) is 0 Å². The van der Waals surface area contributed by atoms with E-state index >= 15 is 0 Å². The van der Waals surface area contributed by atoms with Gasteiger partial charge in [-0.2, -0.15) is 0 Å². The lowest BCUT2D eigenvalue weighted by Gasteiger charge is -2.26. The molecule has 1 aromatic carbocycles. The number of hydrogen-bond acceptors (Lipinski definition) is 4. The van der Waals surface area contributed by atoms with Crippen molar-refractivity contribution < 1.29 is 28.2 Å². The first-order valence-corrected chi connectivity index (χ1v) is 6.89. The van der Waals surface area contributed by atoms with Crippen LogP contribution in [0.3, 0.4) is 0 Å². The summed E-state index contributed by atoms with van der Waals surface area (Å²) in [6, 6.07) is 3.92. The molecule has 7 heteroatoms. The Morgan fingerprint density at radius 1 is 1.45 bits per heavy atom. The van der Waals surface area contributed by atoms with Gasteiger partial charge in [0.2, 0.25) is 6.29 Å². The van der Waals surface area contributed by atoms with Crippen LogP contribution in [0.1, 0.15) is 38.3 Å². The van der Waals surface area contributed by atoms with E-state index in [1.165, 1.54) is 23.1 Å².